The number of hydrogen-bond donors (Lipinski definition) is 2. The largest absolute Gasteiger partial charge is 0.390 e. The second kappa shape index (κ2) is 10.1. The zero-order valence-corrected chi connectivity index (χ0v) is 21.6. The highest BCUT2D eigenvalue weighted by Gasteiger charge is 2.33. The van der Waals surface area contributed by atoms with Crippen molar-refractivity contribution < 1.29 is 9.90 Å². The minimum Gasteiger partial charge on any atom is -0.390 e. The van der Waals surface area contributed by atoms with Gasteiger partial charge < -0.3 is 15.7 Å². The van der Waals surface area contributed by atoms with Crippen LogP contribution < -0.4 is 5.73 Å². The van der Waals surface area contributed by atoms with E-state index in [0.29, 0.717) is 36.6 Å². The molecule has 3 aromatic rings. The predicted octanol–water partition coefficient (Wildman–Crippen LogP) is 5.28. The monoisotopic (exact) mass is 513 g/mol. The number of rotatable bonds is 5. The molecule has 3 heterocycles. The van der Waals surface area contributed by atoms with Crippen molar-refractivity contribution in [1.82, 2.24) is 19.9 Å². The molecule has 35 heavy (non-hydrogen) atoms. The molecule has 1 aliphatic rings. The van der Waals surface area contributed by atoms with Gasteiger partial charge >= 0.3 is 0 Å². The van der Waals surface area contributed by atoms with Gasteiger partial charge in [-0.25, -0.2) is 15.0 Å². The highest BCUT2D eigenvalue weighted by Crippen LogP contribution is 2.38. The zero-order chi connectivity index (χ0) is 25.3. The lowest BCUT2D eigenvalue weighted by atomic mass is 9.83. The molecule has 0 aliphatic carbocycles. The van der Waals surface area contributed by atoms with Crippen molar-refractivity contribution in [2.24, 2.45) is 5.92 Å². The maximum absolute atomic E-state index is 13.3. The van der Waals surface area contributed by atoms with Crippen LogP contribution in [0.4, 0.5) is 5.82 Å². The van der Waals surface area contributed by atoms with Crippen molar-refractivity contribution in [2.75, 3.05) is 18.8 Å². The third-order valence-electron chi connectivity index (χ3n) is 6.65. The van der Waals surface area contributed by atoms with Crippen LogP contribution in [0.1, 0.15) is 49.7 Å². The van der Waals surface area contributed by atoms with Crippen LogP contribution in [0.3, 0.4) is 0 Å². The number of nitrogens with two attached hydrogens (primary N) is 1. The van der Waals surface area contributed by atoms with Crippen LogP contribution in [0.25, 0.3) is 22.4 Å². The Morgan fingerprint density at radius 3 is 2.31 bits per heavy atom. The number of aromatic nitrogens is 3. The summed E-state index contributed by atoms with van der Waals surface area (Å²) in [6, 6.07) is 7.05. The Bertz CT molecular complexity index is 1210. The molecule has 0 radical (unpaired) electrons. The van der Waals surface area contributed by atoms with E-state index in [9.17, 15) is 9.90 Å². The number of carbonyl (C=O) groups is 1. The van der Waals surface area contributed by atoms with E-state index in [-0.39, 0.29) is 27.4 Å². The lowest BCUT2D eigenvalue weighted by molar-refractivity contribution is -0.0108. The average Bonchev–Trinajstić information content (AvgIpc) is 2.83. The summed E-state index contributed by atoms with van der Waals surface area (Å²) in [6.45, 7) is 6.73. The molecule has 184 valence electrons. The predicted molar refractivity (Wildman–Crippen MR) is 139 cm³/mol. The van der Waals surface area contributed by atoms with E-state index >= 15 is 0 Å². The normalized spacial score (nSPS) is 14.9. The number of nitrogens with zero attached hydrogens (tertiary/aromatic N) is 4. The lowest BCUT2D eigenvalue weighted by Crippen LogP contribution is -2.44. The van der Waals surface area contributed by atoms with E-state index in [1.165, 1.54) is 6.33 Å². The van der Waals surface area contributed by atoms with Gasteiger partial charge in [-0.3, -0.25) is 4.79 Å². The molecule has 1 amide bonds. The summed E-state index contributed by atoms with van der Waals surface area (Å²) < 4.78 is 0. The van der Waals surface area contributed by atoms with Crippen molar-refractivity contribution in [3.63, 3.8) is 0 Å². The molecule has 4 rings (SSSR count). The summed E-state index contributed by atoms with van der Waals surface area (Å²) in [5, 5.41) is 10.8. The summed E-state index contributed by atoms with van der Waals surface area (Å²) in [6.07, 6.45) is 5.34. The van der Waals surface area contributed by atoms with Gasteiger partial charge in [0.2, 0.25) is 0 Å². The SMILES string of the molecule is CCc1ncnc(-c2cc(Cl)c(C(=O)N3CCC(C(C)(C)O)CC3)c(Cl)c2)c1-c1ccc(N)nc1. The highest BCUT2D eigenvalue weighted by molar-refractivity contribution is 6.40. The van der Waals surface area contributed by atoms with Gasteiger partial charge in [-0.15, -0.1) is 0 Å². The first-order valence-electron chi connectivity index (χ1n) is 11.7. The van der Waals surface area contributed by atoms with Crippen LogP contribution >= 0.6 is 23.2 Å². The molecular weight excluding hydrogens is 485 g/mol. The number of halogens is 2. The van der Waals surface area contributed by atoms with Gasteiger partial charge in [-0.1, -0.05) is 30.1 Å². The molecule has 1 aromatic carbocycles. The Morgan fingerprint density at radius 1 is 1.11 bits per heavy atom. The number of nitrogen functional groups attached to an aromatic ring is 1. The topological polar surface area (TPSA) is 105 Å². The maximum atomic E-state index is 13.3. The number of carbonyl (C=O) groups excluding carboxylic acids is 1. The third kappa shape index (κ3) is 5.27. The third-order valence-corrected chi connectivity index (χ3v) is 7.24. The fourth-order valence-electron chi connectivity index (χ4n) is 4.63. The smallest absolute Gasteiger partial charge is 0.256 e. The average molecular weight is 514 g/mol. The fraction of sp³-hybridized carbons (Fsp3) is 0.385. The van der Waals surface area contributed by atoms with Crippen molar-refractivity contribution in [1.29, 1.82) is 0 Å². The van der Waals surface area contributed by atoms with Gasteiger partial charge in [0.25, 0.3) is 5.91 Å². The van der Waals surface area contributed by atoms with Gasteiger partial charge in [0, 0.05) is 36.0 Å². The molecule has 0 spiro atoms. The van der Waals surface area contributed by atoms with Gasteiger partial charge in [-0.2, -0.15) is 0 Å². The summed E-state index contributed by atoms with van der Waals surface area (Å²) in [5.74, 6) is 0.359. The number of pyridine rings is 1. The van der Waals surface area contributed by atoms with Gasteiger partial charge in [0.1, 0.15) is 12.1 Å². The molecule has 0 bridgehead atoms. The fourth-order valence-corrected chi connectivity index (χ4v) is 5.28. The van der Waals surface area contributed by atoms with Crippen LogP contribution in [0.15, 0.2) is 36.8 Å². The van der Waals surface area contributed by atoms with E-state index < -0.39 is 5.60 Å². The summed E-state index contributed by atoms with van der Waals surface area (Å²) in [4.78, 5) is 28.3. The molecule has 3 N–H and O–H groups in total. The maximum Gasteiger partial charge on any atom is 0.256 e. The molecule has 2 aromatic heterocycles. The Kier molecular flexibility index (Phi) is 7.31. The van der Waals surface area contributed by atoms with E-state index in [4.69, 9.17) is 28.9 Å². The zero-order valence-electron chi connectivity index (χ0n) is 20.1. The van der Waals surface area contributed by atoms with Crippen molar-refractivity contribution in [3.8, 4) is 22.4 Å². The quantitative estimate of drug-likeness (QED) is 0.480. The Morgan fingerprint density at radius 2 is 1.77 bits per heavy atom. The Hall–Kier alpha value is -2.74. The number of likely N-dealkylation sites (tertiary alicyclic amines) is 1. The van der Waals surface area contributed by atoms with Gasteiger partial charge in [0.15, 0.2) is 0 Å². The van der Waals surface area contributed by atoms with E-state index in [1.807, 2.05) is 26.8 Å². The number of hydrogen-bond acceptors (Lipinski definition) is 6. The van der Waals surface area contributed by atoms with Crippen molar-refractivity contribution >= 4 is 34.9 Å². The molecule has 9 heteroatoms. The van der Waals surface area contributed by atoms with Gasteiger partial charge in [-0.05, 0) is 63.3 Å². The van der Waals surface area contributed by atoms with Gasteiger partial charge in [0.05, 0.1) is 32.6 Å². The number of amides is 1. The van der Waals surface area contributed by atoms with E-state index in [0.717, 1.165) is 29.7 Å². The van der Waals surface area contributed by atoms with E-state index in [1.54, 1.807) is 29.3 Å². The molecule has 0 atom stereocenters. The second-order valence-corrected chi connectivity index (χ2v) is 10.2. The molecule has 1 saturated heterocycles. The first-order chi connectivity index (χ1) is 16.6. The van der Waals surface area contributed by atoms with E-state index in [2.05, 4.69) is 15.0 Å². The van der Waals surface area contributed by atoms with Crippen LogP contribution in [0.5, 0.6) is 0 Å². The molecular formula is C26H29Cl2N5O2. The Labute approximate surface area is 215 Å². The molecule has 1 aliphatic heterocycles. The molecule has 0 saturated carbocycles. The van der Waals surface area contributed by atoms with Crippen LogP contribution in [0.2, 0.25) is 10.0 Å². The number of benzene rings is 1. The summed E-state index contributed by atoms with van der Waals surface area (Å²) in [7, 11) is 0. The summed E-state index contributed by atoms with van der Waals surface area (Å²) >= 11 is 13.3. The standard InChI is InChI=1S/C26H29Cl2N5O2/c1-4-20-22(15-5-6-21(29)30-13-15)24(32-14-31-20)16-11-18(27)23(19(28)12-16)25(34)33-9-7-17(8-10-33)26(2,3)35/h5-6,11-14,17,35H,4,7-10H2,1-3H3,(H2,29,30). The molecule has 7 nitrogen and oxygen atoms in total. The second-order valence-electron chi connectivity index (χ2n) is 9.40. The first-order valence-corrected chi connectivity index (χ1v) is 12.4. The lowest BCUT2D eigenvalue weighted by Gasteiger charge is -2.38. The minimum absolute atomic E-state index is 0.145. The van der Waals surface area contributed by atoms with Crippen LogP contribution in [0, 0.1) is 5.92 Å². The number of aryl methyl sites for hydroxylation is 1. The molecule has 1 fully saturated rings. The number of anilines is 1. The Balaban J connectivity index is 1.69. The minimum atomic E-state index is -0.765. The summed E-state index contributed by atoms with van der Waals surface area (Å²) in [5.41, 5.74) is 9.12. The van der Waals surface area contributed by atoms with Crippen molar-refractivity contribution in [2.45, 2.75) is 45.6 Å². The number of aliphatic hydroxyl groups is 1. The van der Waals surface area contributed by atoms with Crippen LogP contribution in [-0.4, -0.2) is 49.6 Å². The number of piperidine rings is 1. The molecule has 0 unspecified atom stereocenters. The highest BCUT2D eigenvalue weighted by atomic mass is 35.5. The van der Waals surface area contributed by atoms with Crippen LogP contribution in [-0.2, 0) is 6.42 Å². The first kappa shape index (κ1) is 25.4. The van der Waals surface area contributed by atoms with Crippen molar-refractivity contribution in [3.05, 3.63) is 58.1 Å².